The number of phenols is 2. The summed E-state index contributed by atoms with van der Waals surface area (Å²) in [5, 5.41) is 22.1. The zero-order valence-corrected chi connectivity index (χ0v) is 12.9. The lowest BCUT2D eigenvalue weighted by molar-refractivity contribution is -0.137. The number of ketones is 1. The van der Waals surface area contributed by atoms with Crippen molar-refractivity contribution in [3.8, 4) is 11.5 Å². The molecule has 8 heteroatoms. The van der Waals surface area contributed by atoms with Gasteiger partial charge in [-0.3, -0.25) is 4.79 Å². The molecule has 0 atom stereocenters. The summed E-state index contributed by atoms with van der Waals surface area (Å²) >= 11 is 0. The number of alkyl halides is 3. The first-order valence-electron chi connectivity index (χ1n) is 7.21. The molecule has 0 spiro atoms. The van der Waals surface area contributed by atoms with Gasteiger partial charge in [0.15, 0.2) is 5.78 Å². The number of rotatable bonds is 6. The fraction of sp³-hybridized carbons (Fsp3) is 0.176. The average molecular weight is 352 g/mol. The molecule has 0 saturated carbocycles. The maximum absolute atomic E-state index is 12.9. The second-order valence-corrected chi connectivity index (χ2v) is 5.25. The molecule has 0 amide bonds. The Hall–Kier alpha value is -3.03. The number of phenolic OH excluding ortho intramolecular Hbond substituents is 2. The fourth-order valence-electron chi connectivity index (χ4n) is 2.11. The Bertz CT molecular complexity index is 789. The third-order valence-corrected chi connectivity index (χ3v) is 3.23. The molecule has 0 bridgehead atoms. The monoisotopic (exact) mass is 352 g/mol. The summed E-state index contributed by atoms with van der Waals surface area (Å²) in [6.07, 6.45) is -3.64. The molecular formula is C17H15F3N2O3. The molecule has 0 aliphatic heterocycles. The predicted molar refractivity (Wildman–Crippen MR) is 85.5 cm³/mol. The van der Waals surface area contributed by atoms with E-state index in [1.54, 1.807) is 12.1 Å². The van der Waals surface area contributed by atoms with Gasteiger partial charge >= 0.3 is 6.18 Å². The first-order valence-corrected chi connectivity index (χ1v) is 7.21. The largest absolute Gasteiger partial charge is 0.508 e. The third kappa shape index (κ3) is 5.52. The Kier molecular flexibility index (Phi) is 5.63. The molecular weight excluding hydrogens is 337 g/mol. The zero-order chi connectivity index (χ0) is 18.4. The lowest BCUT2D eigenvalue weighted by atomic mass is 10.1. The van der Waals surface area contributed by atoms with Crippen LogP contribution in [0.2, 0.25) is 0 Å². The summed E-state index contributed by atoms with van der Waals surface area (Å²) in [5.41, 5.74) is 1.75. The molecule has 0 radical (unpaired) electrons. The average Bonchev–Trinajstić information content (AvgIpc) is 2.51. The molecule has 0 aromatic heterocycles. The molecule has 0 fully saturated rings. The predicted octanol–water partition coefficient (Wildman–Crippen LogP) is 2.85. The minimum atomic E-state index is -4.63. The van der Waals surface area contributed by atoms with Gasteiger partial charge in [0.25, 0.3) is 0 Å². The first kappa shape index (κ1) is 18.3. The number of carbonyl (C=O) groups is 1. The Morgan fingerprint density at radius 1 is 1.12 bits per heavy atom. The number of nitrogens with zero attached hydrogens (tertiary/aromatic N) is 1. The number of hydrogen-bond acceptors (Lipinski definition) is 5. The van der Waals surface area contributed by atoms with Gasteiger partial charge in [0.05, 0.1) is 18.3 Å². The van der Waals surface area contributed by atoms with Gasteiger partial charge in [0, 0.05) is 12.0 Å². The van der Waals surface area contributed by atoms with Crippen LogP contribution in [0.5, 0.6) is 11.5 Å². The number of halogens is 3. The van der Waals surface area contributed by atoms with E-state index < -0.39 is 17.5 Å². The molecule has 0 heterocycles. The lowest BCUT2D eigenvalue weighted by Crippen LogP contribution is -2.20. The van der Waals surface area contributed by atoms with Gasteiger partial charge in [-0.1, -0.05) is 12.1 Å². The van der Waals surface area contributed by atoms with Gasteiger partial charge in [-0.25, -0.2) is 0 Å². The van der Waals surface area contributed by atoms with Crippen molar-refractivity contribution < 1.29 is 28.2 Å². The molecule has 25 heavy (non-hydrogen) atoms. The first-order chi connectivity index (χ1) is 11.8. The summed E-state index contributed by atoms with van der Waals surface area (Å²) in [4.78, 5) is 11.8. The number of hydrazone groups is 1. The van der Waals surface area contributed by atoms with Crippen LogP contribution in [0.3, 0.4) is 0 Å². The van der Waals surface area contributed by atoms with E-state index in [1.165, 1.54) is 12.1 Å². The molecule has 132 valence electrons. The van der Waals surface area contributed by atoms with E-state index in [1.807, 2.05) is 0 Å². The highest BCUT2D eigenvalue weighted by atomic mass is 19.4. The molecule has 0 aliphatic rings. The van der Waals surface area contributed by atoms with E-state index in [-0.39, 0.29) is 30.1 Å². The van der Waals surface area contributed by atoms with Crippen molar-refractivity contribution in [3.05, 3.63) is 59.2 Å². The minimum Gasteiger partial charge on any atom is -0.508 e. The highest BCUT2D eigenvalue weighted by Gasteiger charge is 2.33. The topological polar surface area (TPSA) is 81.9 Å². The second-order valence-electron chi connectivity index (χ2n) is 5.25. The van der Waals surface area contributed by atoms with Crippen molar-refractivity contribution in [1.82, 2.24) is 5.43 Å². The van der Waals surface area contributed by atoms with E-state index in [0.717, 1.165) is 18.3 Å². The Morgan fingerprint density at radius 2 is 1.84 bits per heavy atom. The van der Waals surface area contributed by atoms with Crippen LogP contribution in [0.25, 0.3) is 0 Å². The third-order valence-electron chi connectivity index (χ3n) is 3.23. The molecule has 2 aromatic rings. The molecule has 2 aromatic carbocycles. The van der Waals surface area contributed by atoms with Crippen molar-refractivity contribution in [2.45, 2.75) is 12.6 Å². The van der Waals surface area contributed by atoms with Crippen LogP contribution in [0.4, 0.5) is 13.2 Å². The number of nitrogens with one attached hydrogen (secondary N) is 1. The summed E-state index contributed by atoms with van der Waals surface area (Å²) in [6, 6.07) is 9.01. The summed E-state index contributed by atoms with van der Waals surface area (Å²) in [6.45, 7) is -0.175. The Labute approximate surface area is 141 Å². The van der Waals surface area contributed by atoms with E-state index in [4.69, 9.17) is 0 Å². The number of benzene rings is 2. The van der Waals surface area contributed by atoms with Crippen LogP contribution < -0.4 is 5.43 Å². The van der Waals surface area contributed by atoms with Crippen LogP contribution in [0.1, 0.15) is 16.7 Å². The standard InChI is InChI=1S/C17H15F3N2O3/c18-17(19,20)16-8-14(24)5-4-12(16)9-21-22-10-15(25)7-11-2-1-3-13(23)6-11/h1-6,8-9,22-24H,7,10H2/b21-9+. The lowest BCUT2D eigenvalue weighted by Gasteiger charge is -2.10. The van der Waals surface area contributed by atoms with Crippen LogP contribution in [0, 0.1) is 0 Å². The quantitative estimate of drug-likeness (QED) is 0.552. The van der Waals surface area contributed by atoms with Crippen molar-refractivity contribution in [2.75, 3.05) is 6.54 Å². The van der Waals surface area contributed by atoms with Crippen LogP contribution in [-0.2, 0) is 17.4 Å². The van der Waals surface area contributed by atoms with Crippen molar-refractivity contribution in [3.63, 3.8) is 0 Å². The maximum atomic E-state index is 12.9. The highest BCUT2D eigenvalue weighted by Crippen LogP contribution is 2.33. The van der Waals surface area contributed by atoms with Crippen molar-refractivity contribution in [1.29, 1.82) is 0 Å². The van der Waals surface area contributed by atoms with E-state index in [9.17, 15) is 28.2 Å². The van der Waals surface area contributed by atoms with E-state index >= 15 is 0 Å². The Balaban J connectivity index is 1.94. The van der Waals surface area contributed by atoms with Gasteiger partial charge in [-0.05, 0) is 35.9 Å². The molecule has 0 unspecified atom stereocenters. The summed E-state index contributed by atoms with van der Waals surface area (Å²) in [5.74, 6) is -0.702. The van der Waals surface area contributed by atoms with Gasteiger partial charge < -0.3 is 15.6 Å². The Morgan fingerprint density at radius 3 is 2.52 bits per heavy atom. The van der Waals surface area contributed by atoms with Crippen molar-refractivity contribution in [2.24, 2.45) is 5.10 Å². The van der Waals surface area contributed by atoms with Crippen LogP contribution >= 0.6 is 0 Å². The normalized spacial score (nSPS) is 11.6. The highest BCUT2D eigenvalue weighted by molar-refractivity contribution is 5.84. The number of carbonyl (C=O) groups excluding carboxylic acids is 1. The van der Waals surface area contributed by atoms with Gasteiger partial charge in [0.2, 0.25) is 0 Å². The molecule has 2 rings (SSSR count). The van der Waals surface area contributed by atoms with Gasteiger partial charge in [-0.2, -0.15) is 18.3 Å². The minimum absolute atomic E-state index is 0.0447. The molecule has 3 N–H and O–H groups in total. The SMILES string of the molecule is O=C(CN/N=C/c1ccc(O)cc1C(F)(F)F)Cc1cccc(O)c1. The summed E-state index contributed by atoms with van der Waals surface area (Å²) in [7, 11) is 0. The number of aromatic hydroxyl groups is 2. The second kappa shape index (κ2) is 7.69. The smallest absolute Gasteiger partial charge is 0.417 e. The molecule has 0 saturated heterocycles. The number of hydrogen-bond donors (Lipinski definition) is 3. The van der Waals surface area contributed by atoms with Gasteiger partial charge in [-0.15, -0.1) is 0 Å². The van der Waals surface area contributed by atoms with E-state index in [2.05, 4.69) is 10.5 Å². The molecule has 0 aliphatic carbocycles. The van der Waals surface area contributed by atoms with Crippen LogP contribution in [0.15, 0.2) is 47.6 Å². The molecule has 5 nitrogen and oxygen atoms in total. The van der Waals surface area contributed by atoms with Crippen molar-refractivity contribution >= 4 is 12.0 Å². The zero-order valence-electron chi connectivity index (χ0n) is 12.9. The maximum Gasteiger partial charge on any atom is 0.417 e. The van der Waals surface area contributed by atoms with E-state index in [0.29, 0.717) is 11.6 Å². The fourth-order valence-corrected chi connectivity index (χ4v) is 2.11. The summed E-state index contributed by atoms with van der Waals surface area (Å²) < 4.78 is 38.6. The number of Topliss-reactive ketones (excluding diaryl/α,β-unsaturated/α-hetero) is 1. The van der Waals surface area contributed by atoms with Crippen LogP contribution in [-0.4, -0.2) is 28.8 Å². The van der Waals surface area contributed by atoms with Gasteiger partial charge in [0.1, 0.15) is 11.5 Å².